The van der Waals surface area contributed by atoms with Crippen LogP contribution in [0.2, 0.25) is 0 Å². The molecule has 0 atom stereocenters. The van der Waals surface area contributed by atoms with Crippen molar-refractivity contribution in [3.8, 4) is 17.1 Å². The zero-order chi connectivity index (χ0) is 24.5. The molecule has 0 spiro atoms. The van der Waals surface area contributed by atoms with Crippen molar-refractivity contribution in [2.45, 2.75) is 0 Å². The largest absolute Gasteiger partial charge is 0.354 e. The number of anilines is 2. The van der Waals surface area contributed by atoms with E-state index in [4.69, 9.17) is 9.98 Å². The molecule has 4 nitrogen and oxygen atoms in total. The highest BCUT2D eigenvalue weighted by Crippen LogP contribution is 2.31. The van der Waals surface area contributed by atoms with Crippen molar-refractivity contribution in [1.82, 2.24) is 9.55 Å². The minimum atomic E-state index is 0.833. The first-order valence-corrected chi connectivity index (χ1v) is 13.1. The van der Waals surface area contributed by atoms with E-state index in [-0.39, 0.29) is 0 Å². The first-order valence-electron chi connectivity index (χ1n) is 11.5. The van der Waals surface area contributed by atoms with E-state index in [9.17, 15) is 0 Å². The SMILES string of the molecule is Brc1ccc(Nc2cc3nc4ccccc4n(-c4ccc(Br)cc4)c-3cc2=Nc2ccccc2)cc1. The second-order valence-corrected chi connectivity index (χ2v) is 10.2. The van der Waals surface area contributed by atoms with Crippen molar-refractivity contribution in [3.63, 3.8) is 0 Å². The Balaban J connectivity index is 1.66. The Morgan fingerprint density at radius 2 is 1.36 bits per heavy atom. The van der Waals surface area contributed by atoms with Gasteiger partial charge in [-0.05, 0) is 84.9 Å². The van der Waals surface area contributed by atoms with Gasteiger partial charge in [0.1, 0.15) is 0 Å². The van der Waals surface area contributed by atoms with Crippen molar-refractivity contribution in [2.75, 3.05) is 5.32 Å². The first kappa shape index (κ1) is 22.7. The van der Waals surface area contributed by atoms with E-state index in [1.165, 1.54) is 0 Å². The minimum Gasteiger partial charge on any atom is -0.354 e. The molecule has 0 saturated heterocycles. The molecule has 4 aromatic rings. The molecule has 0 bridgehead atoms. The van der Waals surface area contributed by atoms with Crippen LogP contribution in [0.15, 0.2) is 129 Å². The summed E-state index contributed by atoms with van der Waals surface area (Å²) in [7, 11) is 0. The van der Waals surface area contributed by atoms with E-state index in [2.05, 4.69) is 84.2 Å². The summed E-state index contributed by atoms with van der Waals surface area (Å²) in [6.45, 7) is 0. The predicted molar refractivity (Wildman–Crippen MR) is 154 cm³/mol. The molecule has 0 unspecified atom stereocenters. The van der Waals surface area contributed by atoms with E-state index in [1.54, 1.807) is 0 Å². The summed E-state index contributed by atoms with van der Waals surface area (Å²) in [5, 5.41) is 4.39. The quantitative estimate of drug-likeness (QED) is 0.207. The number of aromatic nitrogens is 2. The van der Waals surface area contributed by atoms with Crippen molar-refractivity contribution in [3.05, 3.63) is 130 Å². The Morgan fingerprint density at radius 1 is 0.694 bits per heavy atom. The van der Waals surface area contributed by atoms with Crippen LogP contribution in [0.1, 0.15) is 0 Å². The van der Waals surface area contributed by atoms with Crippen LogP contribution in [0.4, 0.5) is 17.1 Å². The van der Waals surface area contributed by atoms with Gasteiger partial charge in [-0.25, -0.2) is 9.98 Å². The Kier molecular flexibility index (Phi) is 6.13. The molecular weight excluding hydrogens is 576 g/mol. The maximum Gasteiger partial charge on any atom is 0.0900 e. The van der Waals surface area contributed by atoms with Gasteiger partial charge in [0.25, 0.3) is 0 Å². The summed E-state index contributed by atoms with van der Waals surface area (Å²) in [5.41, 5.74) is 7.63. The number of hydrogen-bond donors (Lipinski definition) is 1. The third kappa shape index (κ3) is 4.57. The fourth-order valence-corrected chi connectivity index (χ4v) is 4.76. The normalized spacial score (nSPS) is 11.8. The van der Waals surface area contributed by atoms with Crippen molar-refractivity contribution in [2.24, 2.45) is 4.99 Å². The van der Waals surface area contributed by atoms with Crippen molar-refractivity contribution >= 4 is 60.0 Å². The van der Waals surface area contributed by atoms with Gasteiger partial charge < -0.3 is 9.88 Å². The average Bonchev–Trinajstić information content (AvgIpc) is 2.90. The molecule has 36 heavy (non-hydrogen) atoms. The summed E-state index contributed by atoms with van der Waals surface area (Å²) in [5.74, 6) is 0. The number of halogens is 2. The second-order valence-electron chi connectivity index (χ2n) is 8.35. The van der Waals surface area contributed by atoms with Crippen LogP contribution in [-0.2, 0) is 0 Å². The fraction of sp³-hybridized carbons (Fsp3) is 0. The highest BCUT2D eigenvalue weighted by Gasteiger charge is 2.16. The molecule has 174 valence electrons. The molecule has 0 aromatic heterocycles. The maximum atomic E-state index is 5.03. The van der Waals surface area contributed by atoms with Crippen molar-refractivity contribution in [1.29, 1.82) is 0 Å². The lowest BCUT2D eigenvalue weighted by Gasteiger charge is -2.20. The minimum absolute atomic E-state index is 0.833. The van der Waals surface area contributed by atoms with E-state index in [0.717, 1.165) is 59.5 Å². The van der Waals surface area contributed by atoms with Crippen LogP contribution in [0.25, 0.3) is 28.1 Å². The maximum absolute atomic E-state index is 5.03. The van der Waals surface area contributed by atoms with E-state index in [0.29, 0.717) is 0 Å². The second kappa shape index (κ2) is 9.72. The van der Waals surface area contributed by atoms with Crippen LogP contribution < -0.4 is 10.7 Å². The topological polar surface area (TPSA) is 42.2 Å². The van der Waals surface area contributed by atoms with Crippen LogP contribution in [0.5, 0.6) is 0 Å². The number of nitrogens with one attached hydrogen (secondary N) is 1. The zero-order valence-electron chi connectivity index (χ0n) is 19.1. The van der Waals surface area contributed by atoms with Crippen LogP contribution in [0.3, 0.4) is 0 Å². The highest BCUT2D eigenvalue weighted by atomic mass is 79.9. The molecule has 0 amide bonds. The predicted octanol–water partition coefficient (Wildman–Crippen LogP) is 8.63. The molecular formula is C30H20Br2N4. The Morgan fingerprint density at radius 3 is 2.11 bits per heavy atom. The van der Waals surface area contributed by atoms with Gasteiger partial charge in [-0.3, -0.25) is 0 Å². The van der Waals surface area contributed by atoms with Gasteiger partial charge in [0.05, 0.1) is 39.2 Å². The van der Waals surface area contributed by atoms with Gasteiger partial charge in [0, 0.05) is 20.3 Å². The van der Waals surface area contributed by atoms with Gasteiger partial charge >= 0.3 is 0 Å². The van der Waals surface area contributed by atoms with E-state index < -0.39 is 0 Å². The summed E-state index contributed by atoms with van der Waals surface area (Å²) < 4.78 is 4.32. The molecule has 1 heterocycles. The summed E-state index contributed by atoms with van der Waals surface area (Å²) in [6, 6.07) is 38.9. The van der Waals surface area contributed by atoms with Crippen LogP contribution in [0, 0.1) is 0 Å². The van der Waals surface area contributed by atoms with Crippen molar-refractivity contribution < 1.29 is 0 Å². The monoisotopic (exact) mass is 594 g/mol. The number of fused-ring (bicyclic) bond motifs is 2. The number of benzene rings is 5. The standard InChI is InChI=1S/C30H20Br2N4/c31-20-10-14-23(15-11-20)34-26-18-28-30(19-27(26)33-22-6-2-1-3-7-22)36(24-16-12-21(32)13-17-24)29-9-5-4-8-25(29)35-28/h1-19,34H. The van der Waals surface area contributed by atoms with Gasteiger partial charge in [-0.1, -0.05) is 62.2 Å². The van der Waals surface area contributed by atoms with E-state index >= 15 is 0 Å². The number of hydrogen-bond acceptors (Lipinski definition) is 3. The zero-order valence-corrected chi connectivity index (χ0v) is 22.2. The molecule has 6 rings (SSSR count). The van der Waals surface area contributed by atoms with Crippen LogP contribution >= 0.6 is 31.9 Å². The molecule has 6 heteroatoms. The smallest absolute Gasteiger partial charge is 0.0900 e. The van der Waals surface area contributed by atoms with Crippen LogP contribution in [-0.4, -0.2) is 9.55 Å². The summed E-state index contributed by atoms with van der Waals surface area (Å²) >= 11 is 7.08. The molecule has 1 N–H and O–H groups in total. The van der Waals surface area contributed by atoms with Gasteiger partial charge in [0.2, 0.25) is 0 Å². The summed E-state index contributed by atoms with van der Waals surface area (Å²) in [4.78, 5) is 10.0. The lowest BCUT2D eigenvalue weighted by atomic mass is 10.1. The summed E-state index contributed by atoms with van der Waals surface area (Å²) in [6.07, 6.45) is 0. The Labute approximate surface area is 225 Å². The van der Waals surface area contributed by atoms with Gasteiger partial charge in [-0.15, -0.1) is 0 Å². The number of para-hydroxylation sites is 3. The Bertz CT molecular complexity index is 1710. The lowest BCUT2D eigenvalue weighted by Crippen LogP contribution is -2.14. The molecule has 0 fully saturated rings. The Hall–Kier alpha value is -3.74. The highest BCUT2D eigenvalue weighted by molar-refractivity contribution is 9.10. The number of nitrogens with zero attached hydrogens (tertiary/aromatic N) is 3. The average molecular weight is 596 g/mol. The first-order chi connectivity index (χ1) is 17.6. The molecule has 1 aliphatic heterocycles. The fourth-order valence-electron chi connectivity index (χ4n) is 4.23. The molecule has 4 aromatic carbocycles. The molecule has 2 aliphatic rings. The molecule has 1 aliphatic carbocycles. The molecule has 0 saturated carbocycles. The number of rotatable bonds is 4. The lowest BCUT2D eigenvalue weighted by molar-refractivity contribution is 1.07. The third-order valence-electron chi connectivity index (χ3n) is 5.91. The van der Waals surface area contributed by atoms with Gasteiger partial charge in [0.15, 0.2) is 0 Å². The molecule has 0 radical (unpaired) electrons. The van der Waals surface area contributed by atoms with E-state index in [1.807, 2.05) is 72.8 Å². The third-order valence-corrected chi connectivity index (χ3v) is 6.97. The van der Waals surface area contributed by atoms with Gasteiger partial charge in [-0.2, -0.15) is 0 Å².